The average molecular weight is 326 g/mol. The van der Waals surface area contributed by atoms with Crippen molar-refractivity contribution in [2.75, 3.05) is 6.61 Å². The molecule has 1 N–H and O–H groups in total. The highest BCUT2D eigenvalue weighted by Crippen LogP contribution is 2.11. The molecule has 1 amide bonds. The van der Waals surface area contributed by atoms with Crippen LogP contribution in [0.3, 0.4) is 0 Å². The highest BCUT2D eigenvalue weighted by molar-refractivity contribution is 9.10. The van der Waals surface area contributed by atoms with Crippen LogP contribution in [0.15, 0.2) is 34.8 Å². The topological polar surface area (TPSA) is 55.4 Å². The van der Waals surface area contributed by atoms with Gasteiger partial charge in [0.05, 0.1) is 6.61 Å². The normalized spacial score (nSPS) is 12.2. The zero-order valence-corrected chi connectivity index (χ0v) is 12.4. The number of ether oxygens (including phenoxy) is 1. The molecule has 5 heteroatoms. The maximum Gasteiger partial charge on any atom is 0.328 e. The van der Waals surface area contributed by atoms with Crippen molar-refractivity contribution in [3.63, 3.8) is 0 Å². The lowest BCUT2D eigenvalue weighted by Crippen LogP contribution is -2.38. The van der Waals surface area contributed by atoms with Crippen molar-refractivity contribution in [1.29, 1.82) is 0 Å². The number of carbonyl (C=O) groups is 2. The molecule has 0 saturated carbocycles. The zero-order chi connectivity index (χ0) is 14.3. The van der Waals surface area contributed by atoms with Gasteiger partial charge in [-0.1, -0.05) is 28.1 Å². The van der Waals surface area contributed by atoms with Crippen molar-refractivity contribution < 1.29 is 14.3 Å². The van der Waals surface area contributed by atoms with Gasteiger partial charge in [0.1, 0.15) is 6.04 Å². The smallest absolute Gasteiger partial charge is 0.328 e. The van der Waals surface area contributed by atoms with E-state index in [0.29, 0.717) is 6.61 Å². The molecule has 102 valence electrons. The van der Waals surface area contributed by atoms with Crippen molar-refractivity contribution in [2.24, 2.45) is 0 Å². The molecule has 1 rings (SSSR count). The molecular formula is C14H16BrNO3. The van der Waals surface area contributed by atoms with Crippen LogP contribution in [-0.4, -0.2) is 24.5 Å². The number of halogens is 1. The fraction of sp³-hybridized carbons (Fsp3) is 0.286. The summed E-state index contributed by atoms with van der Waals surface area (Å²) in [4.78, 5) is 22.9. The Kier molecular flexibility index (Phi) is 6.29. The number of amides is 1. The van der Waals surface area contributed by atoms with E-state index < -0.39 is 12.0 Å². The summed E-state index contributed by atoms with van der Waals surface area (Å²) >= 11 is 3.33. The largest absolute Gasteiger partial charge is 0.464 e. The Labute approximate surface area is 121 Å². The third-order valence-electron chi connectivity index (χ3n) is 2.30. The fourth-order valence-electron chi connectivity index (χ4n) is 1.33. The standard InChI is InChI=1S/C14H16BrNO3/c1-3-19-14(18)10(2)16-13(17)9-6-11-4-7-12(15)8-5-11/h4-10H,3H2,1-2H3,(H,16,17)/b9-6+. The lowest BCUT2D eigenvalue weighted by atomic mass is 10.2. The molecule has 0 aliphatic carbocycles. The van der Waals surface area contributed by atoms with Crippen LogP contribution in [-0.2, 0) is 14.3 Å². The van der Waals surface area contributed by atoms with Gasteiger partial charge in [-0.05, 0) is 37.6 Å². The summed E-state index contributed by atoms with van der Waals surface area (Å²) in [7, 11) is 0. The summed E-state index contributed by atoms with van der Waals surface area (Å²) in [5.74, 6) is -0.767. The molecule has 1 unspecified atom stereocenters. The summed E-state index contributed by atoms with van der Waals surface area (Å²) in [6.07, 6.45) is 3.07. The predicted molar refractivity (Wildman–Crippen MR) is 77.4 cm³/mol. The van der Waals surface area contributed by atoms with Crippen LogP contribution in [0.25, 0.3) is 6.08 Å². The van der Waals surface area contributed by atoms with Gasteiger partial charge in [0.2, 0.25) is 5.91 Å². The minimum Gasteiger partial charge on any atom is -0.464 e. The molecular weight excluding hydrogens is 310 g/mol. The van der Waals surface area contributed by atoms with Gasteiger partial charge in [-0.3, -0.25) is 4.79 Å². The zero-order valence-electron chi connectivity index (χ0n) is 10.9. The van der Waals surface area contributed by atoms with Crippen LogP contribution in [0, 0.1) is 0 Å². The summed E-state index contributed by atoms with van der Waals surface area (Å²) in [5, 5.41) is 2.54. The van der Waals surface area contributed by atoms with E-state index in [4.69, 9.17) is 4.74 Å². The summed E-state index contributed by atoms with van der Waals surface area (Å²) in [6, 6.07) is 6.88. The first-order chi connectivity index (χ1) is 9.02. The van der Waals surface area contributed by atoms with Gasteiger partial charge in [0.25, 0.3) is 0 Å². The third kappa shape index (κ3) is 5.70. The van der Waals surface area contributed by atoms with Crippen LogP contribution in [0.5, 0.6) is 0 Å². The minimum absolute atomic E-state index is 0.299. The number of carbonyl (C=O) groups excluding carboxylic acids is 2. The van der Waals surface area contributed by atoms with Gasteiger partial charge in [0, 0.05) is 10.5 Å². The highest BCUT2D eigenvalue weighted by Gasteiger charge is 2.14. The molecule has 0 heterocycles. The first-order valence-electron chi connectivity index (χ1n) is 5.93. The summed E-state index contributed by atoms with van der Waals surface area (Å²) < 4.78 is 5.77. The average Bonchev–Trinajstić information content (AvgIpc) is 2.38. The van der Waals surface area contributed by atoms with E-state index in [0.717, 1.165) is 10.0 Å². The number of esters is 1. The Morgan fingerprint density at radius 2 is 2.00 bits per heavy atom. The van der Waals surface area contributed by atoms with Crippen LogP contribution in [0.1, 0.15) is 19.4 Å². The molecule has 0 spiro atoms. The van der Waals surface area contributed by atoms with Crippen molar-refractivity contribution in [2.45, 2.75) is 19.9 Å². The molecule has 1 atom stereocenters. The SMILES string of the molecule is CCOC(=O)C(C)NC(=O)/C=C/c1ccc(Br)cc1. The van der Waals surface area contributed by atoms with E-state index in [-0.39, 0.29) is 5.91 Å². The lowest BCUT2D eigenvalue weighted by molar-refractivity contribution is -0.146. The third-order valence-corrected chi connectivity index (χ3v) is 2.82. The monoisotopic (exact) mass is 325 g/mol. The first kappa shape index (κ1) is 15.4. The van der Waals surface area contributed by atoms with E-state index in [1.54, 1.807) is 19.9 Å². The van der Waals surface area contributed by atoms with E-state index in [9.17, 15) is 9.59 Å². The highest BCUT2D eigenvalue weighted by atomic mass is 79.9. The number of hydrogen-bond acceptors (Lipinski definition) is 3. The van der Waals surface area contributed by atoms with Gasteiger partial charge >= 0.3 is 5.97 Å². The Bertz CT molecular complexity index is 468. The second-order valence-corrected chi connectivity index (χ2v) is 4.78. The number of benzene rings is 1. The molecule has 0 aliphatic rings. The van der Waals surface area contributed by atoms with Crippen LogP contribution in [0.4, 0.5) is 0 Å². The van der Waals surface area contributed by atoms with Gasteiger partial charge < -0.3 is 10.1 Å². The van der Waals surface area contributed by atoms with Gasteiger partial charge in [-0.2, -0.15) is 0 Å². The van der Waals surface area contributed by atoms with Crippen molar-refractivity contribution >= 4 is 33.9 Å². The Morgan fingerprint density at radius 1 is 1.37 bits per heavy atom. The molecule has 0 bridgehead atoms. The first-order valence-corrected chi connectivity index (χ1v) is 6.73. The number of rotatable bonds is 5. The lowest BCUT2D eigenvalue weighted by Gasteiger charge is -2.10. The molecule has 1 aromatic carbocycles. The summed E-state index contributed by atoms with van der Waals surface area (Å²) in [5.41, 5.74) is 0.905. The Balaban J connectivity index is 2.51. The molecule has 0 aromatic heterocycles. The van der Waals surface area contributed by atoms with Crippen molar-refractivity contribution in [1.82, 2.24) is 5.32 Å². The van der Waals surface area contributed by atoms with E-state index in [1.165, 1.54) is 6.08 Å². The fourth-order valence-corrected chi connectivity index (χ4v) is 1.60. The second-order valence-electron chi connectivity index (χ2n) is 3.87. The second kappa shape index (κ2) is 7.74. The van der Waals surface area contributed by atoms with Gasteiger partial charge in [0.15, 0.2) is 0 Å². The maximum absolute atomic E-state index is 11.6. The number of hydrogen-bond donors (Lipinski definition) is 1. The molecule has 0 saturated heterocycles. The van der Waals surface area contributed by atoms with E-state index in [2.05, 4.69) is 21.2 Å². The van der Waals surface area contributed by atoms with Crippen LogP contribution >= 0.6 is 15.9 Å². The molecule has 0 fully saturated rings. The van der Waals surface area contributed by atoms with Gasteiger partial charge in [-0.15, -0.1) is 0 Å². The van der Waals surface area contributed by atoms with Crippen LogP contribution in [0.2, 0.25) is 0 Å². The maximum atomic E-state index is 11.6. The van der Waals surface area contributed by atoms with Gasteiger partial charge in [-0.25, -0.2) is 4.79 Å². The predicted octanol–water partition coefficient (Wildman–Crippen LogP) is 2.53. The van der Waals surface area contributed by atoms with Crippen LogP contribution < -0.4 is 5.32 Å². The Morgan fingerprint density at radius 3 is 2.58 bits per heavy atom. The van der Waals surface area contributed by atoms with E-state index >= 15 is 0 Å². The molecule has 1 aromatic rings. The van der Waals surface area contributed by atoms with Crippen molar-refractivity contribution in [3.05, 3.63) is 40.4 Å². The summed E-state index contributed by atoms with van der Waals surface area (Å²) in [6.45, 7) is 3.61. The Hall–Kier alpha value is -1.62. The van der Waals surface area contributed by atoms with E-state index in [1.807, 2.05) is 24.3 Å². The molecule has 0 aliphatic heterocycles. The van der Waals surface area contributed by atoms with Crippen molar-refractivity contribution in [3.8, 4) is 0 Å². The molecule has 0 radical (unpaired) electrons. The number of nitrogens with one attached hydrogen (secondary N) is 1. The molecule has 19 heavy (non-hydrogen) atoms. The molecule has 4 nitrogen and oxygen atoms in total. The minimum atomic E-state index is -0.651. The quantitative estimate of drug-likeness (QED) is 0.668.